The zero-order valence-corrected chi connectivity index (χ0v) is 16.3. The Morgan fingerprint density at radius 1 is 1.21 bits per heavy atom. The number of methoxy groups -OCH3 is 2. The summed E-state index contributed by atoms with van der Waals surface area (Å²) in [7, 11) is 3.10. The van der Waals surface area contributed by atoms with E-state index in [0.717, 1.165) is 19.4 Å². The van der Waals surface area contributed by atoms with Gasteiger partial charge in [0.2, 0.25) is 5.91 Å². The number of benzene rings is 1. The predicted molar refractivity (Wildman–Crippen MR) is 103 cm³/mol. The molecule has 0 bridgehead atoms. The van der Waals surface area contributed by atoms with Crippen LogP contribution in [0.25, 0.3) is 0 Å². The Morgan fingerprint density at radius 2 is 1.96 bits per heavy atom. The van der Waals surface area contributed by atoms with E-state index in [1.807, 2.05) is 4.90 Å². The third kappa shape index (κ3) is 5.03. The number of piperidine rings is 1. The standard InChI is InChI=1S/C20H26N4O4/c1-27-17-8-16(9-18(10-17)28-2)20(26)22-11-15-4-3-6-24(12-15)19(25)13-23-7-5-21-14-23/h5,7-10,14-15H,3-4,6,11-13H2,1-2H3,(H,22,26)/t15-/m1/s1. The molecule has 1 aliphatic heterocycles. The number of nitrogens with zero attached hydrogens (tertiary/aromatic N) is 3. The summed E-state index contributed by atoms with van der Waals surface area (Å²) in [5, 5.41) is 2.97. The maximum atomic E-state index is 12.5. The molecular weight excluding hydrogens is 360 g/mol. The summed E-state index contributed by atoms with van der Waals surface area (Å²) in [6.45, 7) is 2.22. The Labute approximate surface area is 164 Å². The van der Waals surface area contributed by atoms with Crippen LogP contribution in [0.15, 0.2) is 36.9 Å². The van der Waals surface area contributed by atoms with Gasteiger partial charge >= 0.3 is 0 Å². The van der Waals surface area contributed by atoms with Crippen LogP contribution in [0.5, 0.6) is 11.5 Å². The minimum atomic E-state index is -0.181. The van der Waals surface area contributed by atoms with Crippen LogP contribution in [0.3, 0.4) is 0 Å². The minimum Gasteiger partial charge on any atom is -0.497 e. The van der Waals surface area contributed by atoms with Crippen molar-refractivity contribution in [2.45, 2.75) is 19.4 Å². The fraction of sp³-hybridized carbons (Fsp3) is 0.450. The molecule has 8 nitrogen and oxygen atoms in total. The van der Waals surface area contributed by atoms with E-state index >= 15 is 0 Å². The van der Waals surface area contributed by atoms with E-state index in [4.69, 9.17) is 9.47 Å². The first kappa shape index (κ1) is 19.7. The first-order valence-corrected chi connectivity index (χ1v) is 9.34. The molecule has 1 saturated heterocycles. The normalized spacial score (nSPS) is 16.5. The maximum absolute atomic E-state index is 12.5. The van der Waals surface area contributed by atoms with Gasteiger partial charge in [-0.1, -0.05) is 0 Å². The molecule has 1 N–H and O–H groups in total. The number of nitrogens with one attached hydrogen (secondary N) is 1. The monoisotopic (exact) mass is 386 g/mol. The lowest BCUT2D eigenvalue weighted by Gasteiger charge is -2.33. The number of ether oxygens (including phenoxy) is 2. The summed E-state index contributed by atoms with van der Waals surface area (Å²) >= 11 is 0. The van der Waals surface area contributed by atoms with Gasteiger partial charge < -0.3 is 24.3 Å². The third-order valence-corrected chi connectivity index (χ3v) is 4.91. The summed E-state index contributed by atoms with van der Waals surface area (Å²) in [4.78, 5) is 30.8. The van der Waals surface area contributed by atoms with Gasteiger partial charge in [-0.15, -0.1) is 0 Å². The molecule has 3 rings (SSSR count). The largest absolute Gasteiger partial charge is 0.497 e. The topological polar surface area (TPSA) is 85.7 Å². The fourth-order valence-electron chi connectivity index (χ4n) is 3.37. The number of carbonyl (C=O) groups is 2. The Bertz CT molecular complexity index is 784. The lowest BCUT2D eigenvalue weighted by Crippen LogP contribution is -2.44. The lowest BCUT2D eigenvalue weighted by atomic mass is 9.97. The molecule has 0 spiro atoms. The predicted octanol–water partition coefficient (Wildman–Crippen LogP) is 1.57. The average molecular weight is 386 g/mol. The number of likely N-dealkylation sites (tertiary alicyclic amines) is 1. The first-order valence-electron chi connectivity index (χ1n) is 9.34. The quantitative estimate of drug-likeness (QED) is 0.781. The smallest absolute Gasteiger partial charge is 0.251 e. The average Bonchev–Trinajstić information content (AvgIpc) is 3.24. The molecule has 8 heteroatoms. The zero-order chi connectivity index (χ0) is 19.9. The molecule has 1 aliphatic rings. The van der Waals surface area contributed by atoms with Crippen molar-refractivity contribution in [3.63, 3.8) is 0 Å². The van der Waals surface area contributed by atoms with Crippen LogP contribution >= 0.6 is 0 Å². The Morgan fingerprint density at radius 3 is 2.61 bits per heavy atom. The van der Waals surface area contributed by atoms with Crippen molar-refractivity contribution in [1.82, 2.24) is 19.8 Å². The van der Waals surface area contributed by atoms with Crippen LogP contribution < -0.4 is 14.8 Å². The number of aromatic nitrogens is 2. The fourth-order valence-corrected chi connectivity index (χ4v) is 3.37. The third-order valence-electron chi connectivity index (χ3n) is 4.91. The van der Waals surface area contributed by atoms with E-state index in [1.165, 1.54) is 0 Å². The van der Waals surface area contributed by atoms with Crippen molar-refractivity contribution in [2.24, 2.45) is 5.92 Å². The second-order valence-electron chi connectivity index (χ2n) is 6.89. The van der Waals surface area contributed by atoms with Crippen molar-refractivity contribution in [1.29, 1.82) is 0 Å². The highest BCUT2D eigenvalue weighted by atomic mass is 16.5. The summed E-state index contributed by atoms with van der Waals surface area (Å²) in [6.07, 6.45) is 7.00. The molecule has 0 aliphatic carbocycles. The van der Waals surface area contributed by atoms with Gasteiger partial charge in [0.1, 0.15) is 18.0 Å². The molecule has 2 aromatic rings. The number of imidazole rings is 1. The van der Waals surface area contributed by atoms with E-state index in [9.17, 15) is 9.59 Å². The highest BCUT2D eigenvalue weighted by Crippen LogP contribution is 2.23. The Balaban J connectivity index is 1.54. The number of rotatable bonds is 7. The second kappa shape index (κ2) is 9.25. The molecule has 0 saturated carbocycles. The van der Waals surface area contributed by atoms with E-state index < -0.39 is 0 Å². The number of hydrogen-bond acceptors (Lipinski definition) is 5. The highest BCUT2D eigenvalue weighted by molar-refractivity contribution is 5.95. The lowest BCUT2D eigenvalue weighted by molar-refractivity contribution is -0.133. The van der Waals surface area contributed by atoms with Crippen LogP contribution in [-0.2, 0) is 11.3 Å². The van der Waals surface area contributed by atoms with Gasteiger partial charge in [-0.2, -0.15) is 0 Å². The Kier molecular flexibility index (Phi) is 6.52. The van der Waals surface area contributed by atoms with E-state index in [1.54, 1.807) is 55.7 Å². The second-order valence-corrected chi connectivity index (χ2v) is 6.89. The molecule has 2 amide bonds. The summed E-state index contributed by atoms with van der Waals surface area (Å²) < 4.78 is 12.2. The van der Waals surface area contributed by atoms with Gasteiger partial charge in [0, 0.05) is 43.7 Å². The van der Waals surface area contributed by atoms with Gasteiger partial charge in [-0.25, -0.2) is 4.98 Å². The van der Waals surface area contributed by atoms with Crippen LogP contribution in [-0.4, -0.2) is 60.1 Å². The molecule has 150 valence electrons. The SMILES string of the molecule is COc1cc(OC)cc(C(=O)NC[C@H]2CCCN(C(=O)Cn3ccnc3)C2)c1. The minimum absolute atomic E-state index is 0.0755. The molecule has 1 fully saturated rings. The van der Waals surface area contributed by atoms with Gasteiger partial charge in [-0.05, 0) is 30.9 Å². The van der Waals surface area contributed by atoms with Crippen LogP contribution in [0.4, 0.5) is 0 Å². The van der Waals surface area contributed by atoms with Gasteiger partial charge in [0.05, 0.1) is 20.5 Å². The number of hydrogen-bond donors (Lipinski definition) is 1. The molecule has 0 radical (unpaired) electrons. The van der Waals surface area contributed by atoms with E-state index in [2.05, 4.69) is 10.3 Å². The van der Waals surface area contributed by atoms with Crippen molar-refractivity contribution >= 4 is 11.8 Å². The highest BCUT2D eigenvalue weighted by Gasteiger charge is 2.24. The van der Waals surface area contributed by atoms with Crippen LogP contribution in [0.1, 0.15) is 23.2 Å². The zero-order valence-electron chi connectivity index (χ0n) is 16.3. The molecule has 1 aromatic carbocycles. The molecule has 1 aromatic heterocycles. The van der Waals surface area contributed by atoms with E-state index in [-0.39, 0.29) is 17.7 Å². The maximum Gasteiger partial charge on any atom is 0.251 e. The number of amides is 2. The molecule has 2 heterocycles. The van der Waals surface area contributed by atoms with Gasteiger partial charge in [-0.3, -0.25) is 9.59 Å². The molecule has 0 unspecified atom stereocenters. The molecular formula is C20H26N4O4. The van der Waals surface area contributed by atoms with Gasteiger partial charge in [0.25, 0.3) is 5.91 Å². The van der Waals surface area contributed by atoms with Gasteiger partial charge in [0.15, 0.2) is 0 Å². The van der Waals surface area contributed by atoms with Crippen molar-refractivity contribution in [3.8, 4) is 11.5 Å². The van der Waals surface area contributed by atoms with Crippen molar-refractivity contribution in [2.75, 3.05) is 33.9 Å². The summed E-state index contributed by atoms with van der Waals surface area (Å²) in [6, 6.07) is 5.08. The van der Waals surface area contributed by atoms with Crippen LogP contribution in [0.2, 0.25) is 0 Å². The first-order chi connectivity index (χ1) is 13.6. The van der Waals surface area contributed by atoms with Crippen molar-refractivity contribution in [3.05, 3.63) is 42.5 Å². The molecule has 28 heavy (non-hydrogen) atoms. The van der Waals surface area contributed by atoms with Crippen molar-refractivity contribution < 1.29 is 19.1 Å². The van der Waals surface area contributed by atoms with Crippen LogP contribution in [0, 0.1) is 5.92 Å². The van der Waals surface area contributed by atoms with E-state index in [0.29, 0.717) is 36.7 Å². The summed E-state index contributed by atoms with van der Waals surface area (Å²) in [5.41, 5.74) is 0.486. The summed E-state index contributed by atoms with van der Waals surface area (Å²) in [5.74, 6) is 1.26. The number of carbonyl (C=O) groups excluding carboxylic acids is 2. The molecule has 1 atom stereocenters. The Hall–Kier alpha value is -3.03.